The minimum absolute atomic E-state index is 0.0397. The summed E-state index contributed by atoms with van der Waals surface area (Å²) >= 11 is 0. The van der Waals surface area contributed by atoms with Crippen molar-refractivity contribution in [3.63, 3.8) is 0 Å². The highest BCUT2D eigenvalue weighted by Gasteiger charge is 2.23. The summed E-state index contributed by atoms with van der Waals surface area (Å²) in [6.07, 6.45) is 3.70. The number of piperidine rings is 1. The molecule has 1 fully saturated rings. The number of anilines is 1. The maximum atomic E-state index is 10.6. The van der Waals surface area contributed by atoms with Crippen molar-refractivity contribution < 1.29 is 9.84 Å². The second-order valence-corrected chi connectivity index (χ2v) is 7.27. The Bertz CT molecular complexity index is 1070. The van der Waals surface area contributed by atoms with Gasteiger partial charge in [-0.15, -0.1) is 0 Å². The van der Waals surface area contributed by atoms with E-state index in [-0.39, 0.29) is 24.1 Å². The molecule has 0 aliphatic carbocycles. The number of nitrogens with two attached hydrogens (primary N) is 1. The quantitative estimate of drug-likeness (QED) is 0.600. The van der Waals surface area contributed by atoms with E-state index in [2.05, 4.69) is 21.4 Å². The van der Waals surface area contributed by atoms with Crippen LogP contribution in [0.2, 0.25) is 0 Å². The Morgan fingerprint density at radius 2 is 2.17 bits per heavy atom. The SMILES string of the molecule is N#Cc1c(C2CCCNC2)cc(-c2c(O)cccc2OCc2ccccn2)nc1N. The molecule has 3 aromatic rings. The van der Waals surface area contributed by atoms with Crippen LogP contribution in [0.15, 0.2) is 48.7 Å². The van der Waals surface area contributed by atoms with Crippen molar-refractivity contribution in [2.75, 3.05) is 18.8 Å². The van der Waals surface area contributed by atoms with Gasteiger partial charge in [-0.25, -0.2) is 4.98 Å². The molecule has 1 unspecified atom stereocenters. The highest BCUT2D eigenvalue weighted by atomic mass is 16.5. The van der Waals surface area contributed by atoms with E-state index in [1.807, 2.05) is 24.3 Å². The van der Waals surface area contributed by atoms with Gasteiger partial charge in [0.05, 0.1) is 22.5 Å². The number of ether oxygens (including phenoxy) is 1. The lowest BCUT2D eigenvalue weighted by Crippen LogP contribution is -2.29. The summed E-state index contributed by atoms with van der Waals surface area (Å²) in [5.74, 6) is 0.846. The van der Waals surface area contributed by atoms with Crippen LogP contribution in [0, 0.1) is 11.3 Å². The molecular formula is C23H23N5O2. The van der Waals surface area contributed by atoms with Gasteiger partial charge in [-0.05, 0) is 61.2 Å². The number of aromatic nitrogens is 2. The van der Waals surface area contributed by atoms with Crippen LogP contribution in [-0.4, -0.2) is 28.2 Å². The van der Waals surface area contributed by atoms with Gasteiger partial charge < -0.3 is 20.9 Å². The van der Waals surface area contributed by atoms with Crippen molar-refractivity contribution in [3.8, 4) is 28.8 Å². The summed E-state index contributed by atoms with van der Waals surface area (Å²) < 4.78 is 5.96. The van der Waals surface area contributed by atoms with Gasteiger partial charge in [0.2, 0.25) is 0 Å². The third-order valence-electron chi connectivity index (χ3n) is 5.29. The molecule has 1 aliphatic rings. The fraction of sp³-hybridized carbons (Fsp3) is 0.261. The third kappa shape index (κ3) is 4.04. The maximum absolute atomic E-state index is 10.6. The Balaban J connectivity index is 1.74. The number of phenols is 1. The molecule has 7 nitrogen and oxygen atoms in total. The van der Waals surface area contributed by atoms with E-state index >= 15 is 0 Å². The van der Waals surface area contributed by atoms with Crippen molar-refractivity contribution >= 4 is 5.82 Å². The lowest BCUT2D eigenvalue weighted by atomic mass is 9.88. The second kappa shape index (κ2) is 8.80. The number of nitriles is 1. The molecule has 152 valence electrons. The van der Waals surface area contributed by atoms with Crippen molar-refractivity contribution in [2.24, 2.45) is 0 Å². The predicted molar refractivity (Wildman–Crippen MR) is 114 cm³/mol. The zero-order valence-corrected chi connectivity index (χ0v) is 16.5. The Labute approximate surface area is 175 Å². The Kier molecular flexibility index (Phi) is 5.77. The molecule has 3 heterocycles. The van der Waals surface area contributed by atoms with Crippen LogP contribution in [0.1, 0.15) is 35.6 Å². The molecule has 0 bridgehead atoms. The molecular weight excluding hydrogens is 378 g/mol. The van der Waals surface area contributed by atoms with Gasteiger partial charge in [-0.3, -0.25) is 4.98 Å². The normalized spacial score (nSPS) is 16.0. The molecule has 30 heavy (non-hydrogen) atoms. The number of nitrogen functional groups attached to an aromatic ring is 1. The molecule has 0 radical (unpaired) electrons. The first-order chi connectivity index (χ1) is 14.7. The average Bonchev–Trinajstić information content (AvgIpc) is 2.78. The number of benzene rings is 1. The molecule has 1 aromatic carbocycles. The highest BCUT2D eigenvalue weighted by Crippen LogP contribution is 2.40. The van der Waals surface area contributed by atoms with E-state index in [0.29, 0.717) is 22.6 Å². The third-order valence-corrected chi connectivity index (χ3v) is 5.29. The number of rotatable bonds is 5. The molecule has 2 aromatic heterocycles. The van der Waals surface area contributed by atoms with Crippen molar-refractivity contribution in [1.82, 2.24) is 15.3 Å². The molecule has 0 saturated carbocycles. The zero-order chi connectivity index (χ0) is 20.9. The summed E-state index contributed by atoms with van der Waals surface area (Å²) in [4.78, 5) is 8.69. The van der Waals surface area contributed by atoms with Crippen LogP contribution in [0.3, 0.4) is 0 Å². The van der Waals surface area contributed by atoms with Gasteiger partial charge in [0.1, 0.15) is 30.0 Å². The largest absolute Gasteiger partial charge is 0.507 e. The lowest BCUT2D eigenvalue weighted by molar-refractivity contribution is 0.301. The number of nitrogens with zero attached hydrogens (tertiary/aromatic N) is 3. The average molecular weight is 401 g/mol. The number of aromatic hydroxyl groups is 1. The summed E-state index contributed by atoms with van der Waals surface area (Å²) in [6.45, 7) is 2.00. The van der Waals surface area contributed by atoms with E-state index in [0.717, 1.165) is 37.2 Å². The fourth-order valence-corrected chi connectivity index (χ4v) is 3.81. The van der Waals surface area contributed by atoms with Crippen LogP contribution in [-0.2, 0) is 6.61 Å². The van der Waals surface area contributed by atoms with E-state index in [1.165, 1.54) is 0 Å². The summed E-state index contributed by atoms with van der Waals surface area (Å²) in [7, 11) is 0. The van der Waals surface area contributed by atoms with Crippen molar-refractivity contribution in [1.29, 1.82) is 5.26 Å². The Hall–Kier alpha value is -3.63. The molecule has 0 amide bonds. The van der Waals surface area contributed by atoms with Crippen LogP contribution in [0.25, 0.3) is 11.3 Å². The fourth-order valence-electron chi connectivity index (χ4n) is 3.81. The number of hydrogen-bond donors (Lipinski definition) is 3. The molecule has 1 atom stereocenters. The second-order valence-electron chi connectivity index (χ2n) is 7.27. The highest BCUT2D eigenvalue weighted by molar-refractivity contribution is 5.76. The number of phenolic OH excluding ortho intramolecular Hbond substituents is 1. The van der Waals surface area contributed by atoms with E-state index < -0.39 is 0 Å². The van der Waals surface area contributed by atoms with Gasteiger partial charge in [0.25, 0.3) is 0 Å². The number of pyridine rings is 2. The van der Waals surface area contributed by atoms with Crippen LogP contribution in [0.4, 0.5) is 5.82 Å². The van der Waals surface area contributed by atoms with Crippen molar-refractivity contribution in [3.05, 3.63) is 65.5 Å². The first-order valence-corrected chi connectivity index (χ1v) is 9.93. The zero-order valence-electron chi connectivity index (χ0n) is 16.5. The van der Waals surface area contributed by atoms with Crippen molar-refractivity contribution in [2.45, 2.75) is 25.4 Å². The van der Waals surface area contributed by atoms with E-state index in [1.54, 1.807) is 24.4 Å². The van der Waals surface area contributed by atoms with Gasteiger partial charge in [0.15, 0.2) is 0 Å². The standard InChI is InChI=1S/C23H23N5O2/c24-12-18-17(15-5-4-9-26-13-15)11-19(28-23(18)25)22-20(29)7-3-8-21(22)30-14-16-6-1-2-10-27-16/h1-3,6-8,10-11,15,26,29H,4-5,9,13-14H2,(H2,25,28). The molecule has 7 heteroatoms. The smallest absolute Gasteiger partial charge is 0.142 e. The summed E-state index contributed by atoms with van der Waals surface area (Å²) in [5.41, 5.74) is 9.12. The first-order valence-electron chi connectivity index (χ1n) is 9.93. The predicted octanol–water partition coefficient (Wildman–Crippen LogP) is 3.35. The minimum atomic E-state index is 0.0397. The topological polar surface area (TPSA) is 117 Å². The molecule has 0 spiro atoms. The van der Waals surface area contributed by atoms with E-state index in [9.17, 15) is 10.4 Å². The maximum Gasteiger partial charge on any atom is 0.142 e. The van der Waals surface area contributed by atoms with Gasteiger partial charge in [-0.1, -0.05) is 12.1 Å². The minimum Gasteiger partial charge on any atom is -0.507 e. The monoisotopic (exact) mass is 401 g/mol. The molecule has 4 N–H and O–H groups in total. The Morgan fingerprint density at radius 1 is 1.27 bits per heavy atom. The molecule has 1 saturated heterocycles. The lowest BCUT2D eigenvalue weighted by Gasteiger charge is -2.25. The molecule has 1 aliphatic heterocycles. The van der Waals surface area contributed by atoms with Crippen LogP contribution >= 0.6 is 0 Å². The van der Waals surface area contributed by atoms with Gasteiger partial charge >= 0.3 is 0 Å². The summed E-state index contributed by atoms with van der Waals surface area (Å²) in [5, 5.41) is 23.6. The number of nitrogens with one attached hydrogen (secondary N) is 1. The number of hydrogen-bond acceptors (Lipinski definition) is 7. The first kappa shape index (κ1) is 19.7. The van der Waals surface area contributed by atoms with Gasteiger partial charge in [0, 0.05) is 12.7 Å². The molecule has 4 rings (SSSR count). The van der Waals surface area contributed by atoms with Crippen LogP contribution in [0.5, 0.6) is 11.5 Å². The van der Waals surface area contributed by atoms with E-state index in [4.69, 9.17) is 10.5 Å². The van der Waals surface area contributed by atoms with Crippen LogP contribution < -0.4 is 15.8 Å². The summed E-state index contributed by atoms with van der Waals surface area (Å²) in [6, 6.07) is 14.7. The Morgan fingerprint density at radius 3 is 2.90 bits per heavy atom. The van der Waals surface area contributed by atoms with Gasteiger partial charge in [-0.2, -0.15) is 5.26 Å².